The Morgan fingerprint density at radius 3 is 1.82 bits per heavy atom. The Morgan fingerprint density at radius 2 is 1.73 bits per heavy atom. The molecule has 0 unspecified atom stereocenters. The summed E-state index contributed by atoms with van der Waals surface area (Å²) in [7, 11) is 2.07. The minimum absolute atomic E-state index is 0.500. The summed E-state index contributed by atoms with van der Waals surface area (Å²) < 4.78 is 0. The summed E-state index contributed by atoms with van der Waals surface area (Å²) in [5.74, 6) is 0.500. The molecule has 0 aliphatic rings. The molecule has 0 spiro atoms. The van der Waals surface area contributed by atoms with E-state index in [1.165, 1.54) is 5.70 Å². The third-order valence-electron chi connectivity index (χ3n) is 1.89. The fourth-order valence-corrected chi connectivity index (χ4v) is 1.31. The van der Waals surface area contributed by atoms with E-state index in [2.05, 4.69) is 39.6 Å². The van der Waals surface area contributed by atoms with Crippen molar-refractivity contribution >= 4 is 11.6 Å². The zero-order valence-corrected chi connectivity index (χ0v) is 8.81. The lowest BCUT2D eigenvalue weighted by molar-refractivity contribution is 0.313. The Balaban J connectivity index is 4.28. The summed E-state index contributed by atoms with van der Waals surface area (Å²) >= 11 is 5.70. The highest BCUT2D eigenvalue weighted by molar-refractivity contribution is 6.25. The van der Waals surface area contributed by atoms with E-state index in [-0.39, 0.29) is 0 Å². The number of halogens is 1. The summed E-state index contributed by atoms with van der Waals surface area (Å²) in [4.78, 5) is 2.19. The van der Waals surface area contributed by atoms with Gasteiger partial charge in [0.15, 0.2) is 0 Å². The lowest BCUT2D eigenvalue weighted by Gasteiger charge is -2.28. The van der Waals surface area contributed by atoms with Crippen molar-refractivity contribution in [3.63, 3.8) is 0 Å². The highest BCUT2D eigenvalue weighted by Gasteiger charge is 2.10. The van der Waals surface area contributed by atoms with Gasteiger partial charge in [0.25, 0.3) is 0 Å². The van der Waals surface area contributed by atoms with Crippen molar-refractivity contribution in [1.29, 1.82) is 0 Å². The van der Waals surface area contributed by atoms with Crippen molar-refractivity contribution in [2.45, 2.75) is 33.7 Å². The average molecular weight is 176 g/mol. The van der Waals surface area contributed by atoms with E-state index in [9.17, 15) is 0 Å². The molecule has 0 amide bonds. The van der Waals surface area contributed by atoms with Gasteiger partial charge < -0.3 is 4.90 Å². The Bertz CT molecular complexity index is 138. The van der Waals surface area contributed by atoms with Crippen molar-refractivity contribution in [1.82, 2.24) is 4.90 Å². The van der Waals surface area contributed by atoms with Gasteiger partial charge in [-0.15, -0.1) is 0 Å². The van der Waals surface area contributed by atoms with Crippen LogP contribution < -0.4 is 0 Å². The molecule has 1 nitrogen and oxygen atoms in total. The predicted molar refractivity (Wildman–Crippen MR) is 51.7 cm³/mol. The molecule has 0 radical (unpaired) electrons. The van der Waals surface area contributed by atoms with Gasteiger partial charge in [-0.1, -0.05) is 25.4 Å². The van der Waals surface area contributed by atoms with Gasteiger partial charge >= 0.3 is 0 Å². The molecule has 0 aliphatic carbocycles. The molecule has 11 heavy (non-hydrogen) atoms. The largest absolute Gasteiger partial charge is 0.375 e. The maximum Gasteiger partial charge on any atom is 0.0273 e. The second kappa shape index (κ2) is 4.66. The van der Waals surface area contributed by atoms with Crippen molar-refractivity contribution in [2.24, 2.45) is 5.92 Å². The van der Waals surface area contributed by atoms with E-state index in [1.807, 2.05) is 0 Å². The van der Waals surface area contributed by atoms with Crippen LogP contribution in [0.1, 0.15) is 27.7 Å². The maximum absolute atomic E-state index is 5.70. The number of allylic oxidation sites excluding steroid dienone is 1. The van der Waals surface area contributed by atoms with E-state index in [1.54, 1.807) is 5.54 Å². The van der Waals surface area contributed by atoms with E-state index in [4.69, 9.17) is 11.6 Å². The van der Waals surface area contributed by atoms with E-state index in [0.29, 0.717) is 12.0 Å². The second-order valence-electron chi connectivity index (χ2n) is 3.39. The highest BCUT2D eigenvalue weighted by Crippen LogP contribution is 2.16. The van der Waals surface area contributed by atoms with Crippen LogP contribution in [0.5, 0.6) is 0 Å². The maximum atomic E-state index is 5.70. The Morgan fingerprint density at radius 1 is 1.27 bits per heavy atom. The van der Waals surface area contributed by atoms with Gasteiger partial charge in [0.2, 0.25) is 0 Å². The fourth-order valence-electron chi connectivity index (χ4n) is 0.908. The van der Waals surface area contributed by atoms with Crippen LogP contribution in [0, 0.1) is 5.92 Å². The molecular weight excluding hydrogens is 158 g/mol. The minimum atomic E-state index is 0.500. The normalized spacial score (nSPS) is 12.9. The first kappa shape index (κ1) is 10.8. The smallest absolute Gasteiger partial charge is 0.0273 e. The van der Waals surface area contributed by atoms with E-state index >= 15 is 0 Å². The van der Waals surface area contributed by atoms with Crippen LogP contribution in [0.4, 0.5) is 0 Å². The van der Waals surface area contributed by atoms with Crippen LogP contribution in [0.15, 0.2) is 11.2 Å². The SMILES string of the molecule is CC(C)/C(=C\Cl)N(C)C(C)C. The number of rotatable bonds is 3. The van der Waals surface area contributed by atoms with Crippen LogP contribution in [-0.4, -0.2) is 18.0 Å². The molecule has 0 rings (SSSR count). The van der Waals surface area contributed by atoms with Crippen LogP contribution >= 0.6 is 11.6 Å². The average Bonchev–Trinajstić information content (AvgIpc) is 1.88. The van der Waals surface area contributed by atoms with E-state index < -0.39 is 0 Å². The van der Waals surface area contributed by atoms with Gasteiger partial charge in [-0.05, 0) is 19.8 Å². The number of nitrogens with zero attached hydrogens (tertiary/aromatic N) is 1. The van der Waals surface area contributed by atoms with Gasteiger partial charge in [-0.2, -0.15) is 0 Å². The summed E-state index contributed by atoms with van der Waals surface area (Å²) in [6, 6.07) is 0.516. The molecular formula is C9H18ClN. The van der Waals surface area contributed by atoms with Crippen LogP contribution in [0.2, 0.25) is 0 Å². The summed E-state index contributed by atoms with van der Waals surface area (Å²) in [5, 5.41) is 0. The van der Waals surface area contributed by atoms with Crippen LogP contribution in [0.3, 0.4) is 0 Å². The molecule has 0 N–H and O–H groups in total. The zero-order chi connectivity index (χ0) is 9.02. The van der Waals surface area contributed by atoms with Crippen molar-refractivity contribution < 1.29 is 0 Å². The lowest BCUT2D eigenvalue weighted by Crippen LogP contribution is -2.27. The van der Waals surface area contributed by atoms with Crippen molar-refractivity contribution in [3.05, 3.63) is 11.2 Å². The van der Waals surface area contributed by atoms with Gasteiger partial charge in [0, 0.05) is 24.3 Å². The van der Waals surface area contributed by atoms with Gasteiger partial charge in [-0.3, -0.25) is 0 Å². The molecule has 0 atom stereocenters. The van der Waals surface area contributed by atoms with Crippen molar-refractivity contribution in [2.75, 3.05) is 7.05 Å². The van der Waals surface area contributed by atoms with Gasteiger partial charge in [0.1, 0.15) is 0 Å². The summed E-state index contributed by atoms with van der Waals surface area (Å²) in [6.07, 6.45) is 0. The molecule has 0 aromatic heterocycles. The fraction of sp³-hybridized carbons (Fsp3) is 0.778. The first-order valence-electron chi connectivity index (χ1n) is 4.03. The van der Waals surface area contributed by atoms with Crippen molar-refractivity contribution in [3.8, 4) is 0 Å². The Hall–Kier alpha value is -0.170. The van der Waals surface area contributed by atoms with Gasteiger partial charge in [0.05, 0.1) is 0 Å². The number of hydrogen-bond donors (Lipinski definition) is 0. The molecule has 0 heterocycles. The topological polar surface area (TPSA) is 3.24 Å². The first-order valence-corrected chi connectivity index (χ1v) is 4.47. The van der Waals surface area contributed by atoms with E-state index in [0.717, 1.165) is 0 Å². The number of hydrogen-bond acceptors (Lipinski definition) is 1. The van der Waals surface area contributed by atoms with Crippen LogP contribution in [-0.2, 0) is 0 Å². The predicted octanol–water partition coefficient (Wildman–Crippen LogP) is 3.06. The monoisotopic (exact) mass is 175 g/mol. The summed E-state index contributed by atoms with van der Waals surface area (Å²) in [6.45, 7) is 8.60. The molecule has 66 valence electrons. The summed E-state index contributed by atoms with van der Waals surface area (Å²) in [5.41, 5.74) is 2.87. The molecule has 0 fully saturated rings. The molecule has 0 bridgehead atoms. The Labute approximate surface area is 75.0 Å². The van der Waals surface area contributed by atoms with Gasteiger partial charge in [-0.25, -0.2) is 0 Å². The molecule has 0 saturated carbocycles. The lowest BCUT2D eigenvalue weighted by atomic mass is 10.1. The quantitative estimate of drug-likeness (QED) is 0.638. The Kier molecular flexibility index (Phi) is 4.58. The molecule has 0 aromatic rings. The zero-order valence-electron chi connectivity index (χ0n) is 8.06. The molecule has 0 aromatic carbocycles. The first-order chi connectivity index (χ1) is 5.00. The third-order valence-corrected chi connectivity index (χ3v) is 2.11. The third kappa shape index (κ3) is 3.15. The second-order valence-corrected chi connectivity index (χ2v) is 3.61. The molecule has 0 saturated heterocycles. The highest BCUT2D eigenvalue weighted by atomic mass is 35.5. The van der Waals surface area contributed by atoms with Crippen LogP contribution in [0.25, 0.3) is 0 Å². The standard InChI is InChI=1S/C9H18ClN/c1-7(2)9(6-10)11(5)8(3)4/h6-8H,1-5H3/b9-6+. The minimum Gasteiger partial charge on any atom is -0.375 e. The molecule has 0 aliphatic heterocycles. The molecule has 2 heteroatoms.